The minimum atomic E-state index is 0.499. The van der Waals surface area contributed by atoms with Crippen LogP contribution in [0.4, 0.5) is 0 Å². The van der Waals surface area contributed by atoms with Crippen LogP contribution in [0, 0.1) is 0 Å². The topological polar surface area (TPSA) is 30.5 Å². The average Bonchev–Trinajstić information content (AvgIpc) is 3.00. The lowest BCUT2D eigenvalue weighted by Gasteiger charge is -2.26. The third kappa shape index (κ3) is 3.33. The second-order valence-corrected chi connectivity index (χ2v) is 5.95. The molecule has 1 aromatic carbocycles. The van der Waals surface area contributed by atoms with Gasteiger partial charge in [0.25, 0.3) is 0 Å². The SMILES string of the molecule is COc1ccc2c(c1)C[C@@H](NCC[C@@H]1CCCO1)CC2. The van der Waals surface area contributed by atoms with Gasteiger partial charge in [-0.25, -0.2) is 0 Å². The zero-order valence-corrected chi connectivity index (χ0v) is 12.4. The Morgan fingerprint density at radius 2 is 2.25 bits per heavy atom. The third-order valence-corrected chi connectivity index (χ3v) is 4.57. The molecule has 1 N–H and O–H groups in total. The van der Waals surface area contributed by atoms with E-state index in [0.29, 0.717) is 12.1 Å². The molecular formula is C17H25NO2. The van der Waals surface area contributed by atoms with E-state index in [-0.39, 0.29) is 0 Å². The minimum Gasteiger partial charge on any atom is -0.497 e. The molecule has 1 heterocycles. The summed E-state index contributed by atoms with van der Waals surface area (Å²) in [5.74, 6) is 0.976. The van der Waals surface area contributed by atoms with Gasteiger partial charge < -0.3 is 14.8 Å². The van der Waals surface area contributed by atoms with Gasteiger partial charge in [0.15, 0.2) is 0 Å². The first-order valence-electron chi connectivity index (χ1n) is 7.86. The van der Waals surface area contributed by atoms with E-state index in [1.807, 2.05) is 0 Å². The Morgan fingerprint density at radius 1 is 1.30 bits per heavy atom. The van der Waals surface area contributed by atoms with Crippen molar-refractivity contribution in [2.75, 3.05) is 20.3 Å². The average molecular weight is 275 g/mol. The van der Waals surface area contributed by atoms with E-state index in [2.05, 4.69) is 23.5 Å². The summed E-state index contributed by atoms with van der Waals surface area (Å²) in [7, 11) is 1.74. The summed E-state index contributed by atoms with van der Waals surface area (Å²) in [5.41, 5.74) is 2.94. The second kappa shape index (κ2) is 6.59. The Morgan fingerprint density at radius 3 is 3.05 bits per heavy atom. The van der Waals surface area contributed by atoms with Crippen molar-refractivity contribution in [2.45, 2.75) is 50.7 Å². The number of ether oxygens (including phenoxy) is 2. The van der Waals surface area contributed by atoms with Crippen LogP contribution in [-0.2, 0) is 17.6 Å². The minimum absolute atomic E-state index is 0.499. The number of hydrogen-bond donors (Lipinski definition) is 1. The second-order valence-electron chi connectivity index (χ2n) is 5.95. The summed E-state index contributed by atoms with van der Waals surface area (Å²) in [6, 6.07) is 7.10. The number of benzene rings is 1. The molecule has 3 rings (SSSR count). The molecule has 0 spiro atoms. The fourth-order valence-electron chi connectivity index (χ4n) is 3.36. The molecule has 1 aromatic rings. The number of nitrogens with one attached hydrogen (secondary N) is 1. The predicted octanol–water partition coefficient (Wildman–Crippen LogP) is 2.71. The van der Waals surface area contributed by atoms with Crippen LogP contribution in [0.2, 0.25) is 0 Å². The number of rotatable bonds is 5. The molecule has 1 fully saturated rings. The lowest BCUT2D eigenvalue weighted by molar-refractivity contribution is 0.103. The molecule has 0 aromatic heterocycles. The number of fused-ring (bicyclic) bond motifs is 1. The molecule has 1 saturated heterocycles. The van der Waals surface area contributed by atoms with Crippen molar-refractivity contribution >= 4 is 0 Å². The molecule has 3 nitrogen and oxygen atoms in total. The van der Waals surface area contributed by atoms with Crippen molar-refractivity contribution in [3.8, 4) is 5.75 Å². The van der Waals surface area contributed by atoms with Crippen LogP contribution in [0.5, 0.6) is 5.75 Å². The molecule has 2 aliphatic rings. The molecule has 0 radical (unpaired) electrons. The van der Waals surface area contributed by atoms with Crippen molar-refractivity contribution in [1.82, 2.24) is 5.32 Å². The first kappa shape index (κ1) is 13.9. The Hall–Kier alpha value is -1.06. The van der Waals surface area contributed by atoms with Crippen LogP contribution in [0.3, 0.4) is 0 Å². The monoisotopic (exact) mass is 275 g/mol. The fraction of sp³-hybridized carbons (Fsp3) is 0.647. The zero-order chi connectivity index (χ0) is 13.8. The quantitative estimate of drug-likeness (QED) is 0.896. The van der Waals surface area contributed by atoms with Crippen molar-refractivity contribution in [2.24, 2.45) is 0 Å². The molecule has 0 unspecified atom stereocenters. The highest BCUT2D eigenvalue weighted by Crippen LogP contribution is 2.25. The Bertz CT molecular complexity index is 441. The molecular weight excluding hydrogens is 250 g/mol. The van der Waals surface area contributed by atoms with Gasteiger partial charge in [-0.05, 0) is 68.3 Å². The van der Waals surface area contributed by atoms with Crippen molar-refractivity contribution < 1.29 is 9.47 Å². The van der Waals surface area contributed by atoms with Crippen LogP contribution < -0.4 is 10.1 Å². The van der Waals surface area contributed by atoms with Crippen molar-refractivity contribution in [3.63, 3.8) is 0 Å². The van der Waals surface area contributed by atoms with Gasteiger partial charge in [-0.15, -0.1) is 0 Å². The predicted molar refractivity (Wildman–Crippen MR) is 80.4 cm³/mol. The van der Waals surface area contributed by atoms with Gasteiger partial charge in [-0.1, -0.05) is 6.07 Å². The smallest absolute Gasteiger partial charge is 0.119 e. The maximum Gasteiger partial charge on any atom is 0.119 e. The highest BCUT2D eigenvalue weighted by molar-refractivity contribution is 5.37. The maximum absolute atomic E-state index is 5.67. The van der Waals surface area contributed by atoms with Gasteiger partial charge in [-0.3, -0.25) is 0 Å². The van der Waals surface area contributed by atoms with E-state index < -0.39 is 0 Å². The standard InChI is InChI=1S/C17H25NO2/c1-19-17-7-5-13-4-6-15(11-14(13)12-17)18-9-8-16-3-2-10-20-16/h5,7,12,15-16,18H,2-4,6,8-11H2,1H3/t15-,16-/m0/s1. The van der Waals surface area contributed by atoms with Gasteiger partial charge >= 0.3 is 0 Å². The van der Waals surface area contributed by atoms with Crippen LogP contribution in [0.25, 0.3) is 0 Å². The van der Waals surface area contributed by atoms with Crippen LogP contribution in [-0.4, -0.2) is 32.4 Å². The lowest BCUT2D eigenvalue weighted by Crippen LogP contribution is -2.36. The molecule has 110 valence electrons. The van der Waals surface area contributed by atoms with E-state index in [9.17, 15) is 0 Å². The van der Waals surface area contributed by atoms with Gasteiger partial charge in [-0.2, -0.15) is 0 Å². The van der Waals surface area contributed by atoms with Gasteiger partial charge in [0.1, 0.15) is 5.75 Å². The maximum atomic E-state index is 5.67. The normalized spacial score (nSPS) is 25.4. The fourth-order valence-corrected chi connectivity index (χ4v) is 3.36. The summed E-state index contributed by atoms with van der Waals surface area (Å²) in [5, 5.41) is 3.71. The first-order chi connectivity index (χ1) is 9.85. The van der Waals surface area contributed by atoms with E-state index in [1.54, 1.807) is 7.11 Å². The molecule has 1 aliphatic carbocycles. The Balaban J connectivity index is 1.49. The molecule has 1 aliphatic heterocycles. The lowest BCUT2D eigenvalue weighted by atomic mass is 9.88. The van der Waals surface area contributed by atoms with Crippen LogP contribution in [0.15, 0.2) is 18.2 Å². The largest absolute Gasteiger partial charge is 0.497 e. The molecule has 2 atom stereocenters. The van der Waals surface area contributed by atoms with Crippen molar-refractivity contribution in [1.29, 1.82) is 0 Å². The van der Waals surface area contributed by atoms with Crippen LogP contribution >= 0.6 is 0 Å². The molecule has 3 heteroatoms. The van der Waals surface area contributed by atoms with E-state index in [4.69, 9.17) is 9.47 Å². The van der Waals surface area contributed by atoms with E-state index in [1.165, 1.54) is 36.8 Å². The Labute approximate surface area is 121 Å². The molecule has 0 amide bonds. The molecule has 20 heavy (non-hydrogen) atoms. The van der Waals surface area contributed by atoms with Crippen molar-refractivity contribution in [3.05, 3.63) is 29.3 Å². The number of methoxy groups -OCH3 is 1. The van der Waals surface area contributed by atoms with Gasteiger partial charge in [0, 0.05) is 12.6 Å². The van der Waals surface area contributed by atoms with Crippen LogP contribution in [0.1, 0.15) is 36.8 Å². The van der Waals surface area contributed by atoms with E-state index in [0.717, 1.165) is 31.7 Å². The summed E-state index contributed by atoms with van der Waals surface area (Å²) in [6.45, 7) is 2.04. The zero-order valence-electron chi connectivity index (χ0n) is 12.4. The number of hydrogen-bond acceptors (Lipinski definition) is 3. The van der Waals surface area contributed by atoms with E-state index >= 15 is 0 Å². The highest BCUT2D eigenvalue weighted by atomic mass is 16.5. The summed E-state index contributed by atoms with van der Waals surface area (Å²) >= 11 is 0. The molecule has 0 saturated carbocycles. The number of aryl methyl sites for hydroxylation is 1. The van der Waals surface area contributed by atoms with Gasteiger partial charge in [0.05, 0.1) is 13.2 Å². The summed E-state index contributed by atoms with van der Waals surface area (Å²) in [4.78, 5) is 0. The first-order valence-corrected chi connectivity index (χ1v) is 7.86. The molecule has 0 bridgehead atoms. The van der Waals surface area contributed by atoms with Gasteiger partial charge in [0.2, 0.25) is 0 Å². The third-order valence-electron chi connectivity index (χ3n) is 4.57. The highest BCUT2D eigenvalue weighted by Gasteiger charge is 2.20. The Kier molecular flexibility index (Phi) is 4.58. The summed E-state index contributed by atoms with van der Waals surface area (Å²) in [6.07, 6.45) is 7.67. The summed E-state index contributed by atoms with van der Waals surface area (Å²) < 4.78 is 11.0.